The van der Waals surface area contributed by atoms with E-state index in [4.69, 9.17) is 4.74 Å². The normalized spacial score (nSPS) is 15.0. The summed E-state index contributed by atoms with van der Waals surface area (Å²) < 4.78 is 5.22. The molecule has 1 saturated heterocycles. The predicted molar refractivity (Wildman–Crippen MR) is 107 cm³/mol. The molecule has 26 heavy (non-hydrogen) atoms. The van der Waals surface area contributed by atoms with E-state index in [9.17, 15) is 4.79 Å². The van der Waals surface area contributed by atoms with Crippen LogP contribution in [0.25, 0.3) is 0 Å². The molecular weight excluding hydrogens is 326 g/mol. The van der Waals surface area contributed by atoms with E-state index in [2.05, 4.69) is 21.3 Å². The minimum atomic E-state index is -0.430. The first-order chi connectivity index (χ1) is 12.4. The van der Waals surface area contributed by atoms with Gasteiger partial charge < -0.3 is 15.0 Å². The number of carbonyl (C=O) groups is 1. The number of rotatable bonds is 8. The van der Waals surface area contributed by atoms with Crippen molar-refractivity contribution in [1.29, 1.82) is 0 Å². The summed E-state index contributed by atoms with van der Waals surface area (Å²) in [7, 11) is 0. The predicted octanol–water partition coefficient (Wildman–Crippen LogP) is 4.70. The lowest BCUT2D eigenvalue weighted by Gasteiger charge is -2.28. The molecule has 5 nitrogen and oxygen atoms in total. The van der Waals surface area contributed by atoms with Crippen molar-refractivity contribution < 1.29 is 9.53 Å². The fraction of sp³-hybridized carbons (Fsp3) is 0.714. The van der Waals surface area contributed by atoms with E-state index >= 15 is 0 Å². The van der Waals surface area contributed by atoms with Gasteiger partial charge in [-0.25, -0.2) is 4.79 Å². The summed E-state index contributed by atoms with van der Waals surface area (Å²) in [6, 6.07) is 2.31. The molecule has 1 fully saturated rings. The second-order valence-corrected chi connectivity index (χ2v) is 8.19. The molecule has 1 aliphatic heterocycles. The van der Waals surface area contributed by atoms with Crippen LogP contribution >= 0.6 is 0 Å². The van der Waals surface area contributed by atoms with E-state index in [0.29, 0.717) is 6.54 Å². The van der Waals surface area contributed by atoms with Crippen molar-refractivity contribution in [2.24, 2.45) is 0 Å². The fourth-order valence-corrected chi connectivity index (χ4v) is 3.25. The average Bonchev–Trinajstić information content (AvgIpc) is 2.60. The van der Waals surface area contributed by atoms with Crippen LogP contribution in [0.1, 0.15) is 71.3 Å². The van der Waals surface area contributed by atoms with Crippen LogP contribution in [-0.2, 0) is 11.2 Å². The molecule has 0 aliphatic carbocycles. The van der Waals surface area contributed by atoms with Crippen LogP contribution < -0.4 is 10.2 Å². The van der Waals surface area contributed by atoms with Crippen LogP contribution in [0.3, 0.4) is 0 Å². The van der Waals surface area contributed by atoms with Gasteiger partial charge in [-0.1, -0.05) is 12.8 Å². The number of nitrogens with one attached hydrogen (secondary N) is 1. The van der Waals surface area contributed by atoms with E-state index in [1.807, 2.05) is 33.2 Å². The Labute approximate surface area is 158 Å². The molecule has 0 spiro atoms. The number of hydrogen-bond acceptors (Lipinski definition) is 4. The molecule has 1 aromatic rings. The first kappa shape index (κ1) is 20.5. The first-order valence-electron chi connectivity index (χ1n) is 10.1. The molecule has 0 radical (unpaired) electrons. The average molecular weight is 362 g/mol. The third-order valence-corrected chi connectivity index (χ3v) is 4.56. The third kappa shape index (κ3) is 8.07. The minimum Gasteiger partial charge on any atom is -0.444 e. The number of aromatic nitrogens is 1. The fourth-order valence-electron chi connectivity index (χ4n) is 3.25. The van der Waals surface area contributed by atoms with Crippen LogP contribution in [0.15, 0.2) is 18.5 Å². The molecule has 2 heterocycles. The molecule has 5 heteroatoms. The second kappa shape index (κ2) is 10.4. The summed E-state index contributed by atoms with van der Waals surface area (Å²) >= 11 is 0. The van der Waals surface area contributed by atoms with Crippen molar-refractivity contribution in [3.05, 3.63) is 24.0 Å². The number of pyridine rings is 1. The highest BCUT2D eigenvalue weighted by Gasteiger charge is 2.15. The third-order valence-electron chi connectivity index (χ3n) is 4.56. The van der Waals surface area contributed by atoms with E-state index < -0.39 is 5.60 Å². The number of aryl methyl sites for hydroxylation is 1. The van der Waals surface area contributed by atoms with Gasteiger partial charge in [0.2, 0.25) is 0 Å². The number of amides is 1. The van der Waals surface area contributed by atoms with E-state index in [1.54, 1.807) is 0 Å². The highest BCUT2D eigenvalue weighted by atomic mass is 16.6. The molecule has 146 valence electrons. The van der Waals surface area contributed by atoms with Crippen LogP contribution in [0.4, 0.5) is 10.5 Å². The highest BCUT2D eigenvalue weighted by Crippen LogP contribution is 2.20. The van der Waals surface area contributed by atoms with Crippen LogP contribution in [-0.4, -0.2) is 36.3 Å². The zero-order valence-corrected chi connectivity index (χ0v) is 16.7. The van der Waals surface area contributed by atoms with Gasteiger partial charge in [-0.2, -0.15) is 0 Å². The van der Waals surface area contributed by atoms with Gasteiger partial charge in [-0.15, -0.1) is 0 Å². The zero-order valence-electron chi connectivity index (χ0n) is 16.7. The van der Waals surface area contributed by atoms with Crippen LogP contribution in [0.5, 0.6) is 0 Å². The SMILES string of the molecule is CC(C)(C)OC(=O)NCCCCCCc1cncc(N2CCCCC2)c1. The lowest BCUT2D eigenvalue weighted by molar-refractivity contribution is 0.0527. The Bertz CT molecular complexity index is 548. The summed E-state index contributed by atoms with van der Waals surface area (Å²) in [6.45, 7) is 8.64. The molecule has 1 aromatic heterocycles. The van der Waals surface area contributed by atoms with Gasteiger partial charge in [0.15, 0.2) is 0 Å². The molecule has 2 rings (SSSR count). The molecule has 0 bridgehead atoms. The van der Waals surface area contributed by atoms with Crippen LogP contribution in [0, 0.1) is 0 Å². The molecule has 0 saturated carbocycles. The van der Waals surface area contributed by atoms with E-state index in [1.165, 1.54) is 36.9 Å². The number of unbranched alkanes of at least 4 members (excludes halogenated alkanes) is 3. The van der Waals surface area contributed by atoms with Gasteiger partial charge in [-0.3, -0.25) is 4.98 Å². The van der Waals surface area contributed by atoms with Crippen molar-refractivity contribution >= 4 is 11.8 Å². The van der Waals surface area contributed by atoms with Crippen molar-refractivity contribution in [2.45, 2.75) is 77.7 Å². The Morgan fingerprint density at radius 2 is 1.85 bits per heavy atom. The summed E-state index contributed by atoms with van der Waals surface area (Å²) in [6.07, 6.45) is 13.1. The maximum Gasteiger partial charge on any atom is 0.407 e. The molecule has 0 unspecified atom stereocenters. The van der Waals surface area contributed by atoms with Gasteiger partial charge in [0, 0.05) is 25.8 Å². The maximum atomic E-state index is 11.6. The summed E-state index contributed by atoms with van der Waals surface area (Å²) in [5, 5.41) is 2.81. The minimum absolute atomic E-state index is 0.321. The quantitative estimate of drug-likeness (QED) is 0.682. The zero-order chi connectivity index (χ0) is 18.8. The van der Waals surface area contributed by atoms with Crippen LogP contribution in [0.2, 0.25) is 0 Å². The Morgan fingerprint density at radius 1 is 1.12 bits per heavy atom. The smallest absolute Gasteiger partial charge is 0.407 e. The maximum absolute atomic E-state index is 11.6. The van der Waals surface area contributed by atoms with Crippen molar-refractivity contribution in [1.82, 2.24) is 10.3 Å². The van der Waals surface area contributed by atoms with Crippen molar-refractivity contribution in [3.63, 3.8) is 0 Å². The van der Waals surface area contributed by atoms with Gasteiger partial charge in [-0.05, 0) is 70.9 Å². The highest BCUT2D eigenvalue weighted by molar-refractivity contribution is 5.67. The number of ether oxygens (including phenoxy) is 1. The first-order valence-corrected chi connectivity index (χ1v) is 10.1. The Balaban J connectivity index is 1.58. The summed E-state index contributed by atoms with van der Waals surface area (Å²) in [5.41, 5.74) is 2.18. The Morgan fingerprint density at radius 3 is 2.58 bits per heavy atom. The largest absolute Gasteiger partial charge is 0.444 e. The molecular formula is C21H35N3O2. The number of alkyl carbamates (subject to hydrolysis) is 1. The lowest BCUT2D eigenvalue weighted by atomic mass is 10.1. The molecule has 1 amide bonds. The van der Waals surface area contributed by atoms with E-state index in [0.717, 1.165) is 38.8 Å². The standard InChI is InChI=1S/C21H35N3O2/c1-21(2,3)26-20(25)23-12-8-5-4-7-11-18-15-19(17-22-16-18)24-13-9-6-10-14-24/h15-17H,4-14H2,1-3H3,(H,23,25). The number of carbonyl (C=O) groups excluding carboxylic acids is 1. The van der Waals surface area contributed by atoms with Gasteiger partial charge >= 0.3 is 6.09 Å². The molecule has 0 aromatic carbocycles. The van der Waals surface area contributed by atoms with Crippen molar-refractivity contribution in [2.75, 3.05) is 24.5 Å². The number of hydrogen-bond donors (Lipinski definition) is 1. The molecule has 1 aliphatic rings. The number of nitrogens with zero attached hydrogens (tertiary/aromatic N) is 2. The van der Waals surface area contributed by atoms with E-state index in [-0.39, 0.29) is 6.09 Å². The second-order valence-electron chi connectivity index (χ2n) is 8.19. The Hall–Kier alpha value is -1.78. The van der Waals surface area contributed by atoms with Gasteiger partial charge in [0.05, 0.1) is 11.9 Å². The van der Waals surface area contributed by atoms with Gasteiger partial charge in [0.1, 0.15) is 5.60 Å². The summed E-state index contributed by atoms with van der Waals surface area (Å²) in [4.78, 5) is 18.4. The van der Waals surface area contributed by atoms with Crippen molar-refractivity contribution in [3.8, 4) is 0 Å². The topological polar surface area (TPSA) is 54.5 Å². The molecule has 1 N–H and O–H groups in total. The number of anilines is 1. The monoisotopic (exact) mass is 361 g/mol. The number of piperidine rings is 1. The Kier molecular flexibility index (Phi) is 8.20. The lowest BCUT2D eigenvalue weighted by Crippen LogP contribution is -2.32. The summed E-state index contributed by atoms with van der Waals surface area (Å²) in [5.74, 6) is 0. The molecule has 0 atom stereocenters. The van der Waals surface area contributed by atoms with Gasteiger partial charge in [0.25, 0.3) is 0 Å².